The van der Waals surface area contributed by atoms with Crippen molar-refractivity contribution in [3.05, 3.63) is 54.4 Å². The van der Waals surface area contributed by atoms with Crippen LogP contribution in [0.2, 0.25) is 0 Å². The van der Waals surface area contributed by atoms with Crippen LogP contribution in [-0.2, 0) is 13.0 Å². The summed E-state index contributed by atoms with van der Waals surface area (Å²) in [6, 6.07) is 15.8. The fourth-order valence-corrected chi connectivity index (χ4v) is 2.78. The van der Waals surface area contributed by atoms with Crippen molar-refractivity contribution in [1.82, 2.24) is 9.55 Å². The van der Waals surface area contributed by atoms with Crippen LogP contribution in [0.3, 0.4) is 0 Å². The van der Waals surface area contributed by atoms with E-state index >= 15 is 0 Å². The first-order valence-corrected chi connectivity index (χ1v) is 8.23. The Morgan fingerprint density at radius 1 is 1.04 bits per heavy atom. The Balaban J connectivity index is 1.61. The molecule has 5 heteroatoms. The lowest BCUT2D eigenvalue weighted by Crippen LogP contribution is -2.12. The topological polar surface area (TPSA) is 62.3 Å². The maximum absolute atomic E-state index is 5.80. The molecule has 5 nitrogen and oxygen atoms in total. The minimum absolute atomic E-state index is 0.603. The summed E-state index contributed by atoms with van der Waals surface area (Å²) in [6.45, 7) is 2.12. The SMILES string of the molecule is COc1ccc(OCCCn2c(CCN)nc3ccccc32)cc1. The molecule has 0 fully saturated rings. The number of hydrogen-bond donors (Lipinski definition) is 1. The summed E-state index contributed by atoms with van der Waals surface area (Å²) in [6.07, 6.45) is 1.69. The summed E-state index contributed by atoms with van der Waals surface area (Å²) < 4.78 is 13.2. The van der Waals surface area contributed by atoms with E-state index in [1.54, 1.807) is 7.11 Å². The number of fused-ring (bicyclic) bond motifs is 1. The first-order chi connectivity index (χ1) is 11.8. The minimum atomic E-state index is 0.603. The zero-order chi connectivity index (χ0) is 16.8. The number of para-hydroxylation sites is 2. The van der Waals surface area contributed by atoms with Crippen LogP contribution in [0.1, 0.15) is 12.2 Å². The molecule has 0 saturated carbocycles. The van der Waals surface area contributed by atoms with Gasteiger partial charge in [-0.3, -0.25) is 0 Å². The van der Waals surface area contributed by atoms with Crippen LogP contribution >= 0.6 is 0 Å². The zero-order valence-corrected chi connectivity index (χ0v) is 13.9. The Labute approximate surface area is 142 Å². The van der Waals surface area contributed by atoms with Crippen molar-refractivity contribution < 1.29 is 9.47 Å². The van der Waals surface area contributed by atoms with Gasteiger partial charge in [-0.25, -0.2) is 4.98 Å². The van der Waals surface area contributed by atoms with E-state index in [-0.39, 0.29) is 0 Å². The third-order valence-corrected chi connectivity index (χ3v) is 3.96. The van der Waals surface area contributed by atoms with Gasteiger partial charge in [-0.2, -0.15) is 0 Å². The lowest BCUT2D eigenvalue weighted by Gasteiger charge is -2.10. The number of nitrogens with two attached hydrogens (primary N) is 1. The highest BCUT2D eigenvalue weighted by molar-refractivity contribution is 5.75. The van der Waals surface area contributed by atoms with E-state index in [1.807, 2.05) is 42.5 Å². The number of rotatable bonds is 8. The standard InChI is InChI=1S/C19H23N3O2/c1-23-15-7-9-16(10-8-15)24-14-4-13-22-18-6-3-2-5-17(18)21-19(22)11-12-20/h2-3,5-10H,4,11-14,20H2,1H3. The van der Waals surface area contributed by atoms with Crippen LogP contribution in [-0.4, -0.2) is 29.8 Å². The third kappa shape index (κ3) is 3.68. The molecule has 0 bridgehead atoms. The number of aromatic nitrogens is 2. The molecule has 0 saturated heterocycles. The number of ether oxygens (including phenoxy) is 2. The second-order valence-electron chi connectivity index (χ2n) is 5.58. The first-order valence-electron chi connectivity index (χ1n) is 8.23. The summed E-state index contributed by atoms with van der Waals surface area (Å²) >= 11 is 0. The van der Waals surface area contributed by atoms with E-state index in [2.05, 4.69) is 15.6 Å². The number of benzene rings is 2. The second-order valence-corrected chi connectivity index (χ2v) is 5.58. The van der Waals surface area contributed by atoms with Crippen LogP contribution in [0.4, 0.5) is 0 Å². The highest BCUT2D eigenvalue weighted by atomic mass is 16.5. The number of hydrogen-bond acceptors (Lipinski definition) is 4. The molecule has 0 aliphatic heterocycles. The van der Waals surface area contributed by atoms with E-state index in [1.165, 1.54) is 0 Å². The van der Waals surface area contributed by atoms with Crippen molar-refractivity contribution in [2.24, 2.45) is 5.73 Å². The molecule has 2 aromatic carbocycles. The van der Waals surface area contributed by atoms with Gasteiger partial charge in [-0.05, 0) is 49.4 Å². The molecule has 0 unspecified atom stereocenters. The third-order valence-electron chi connectivity index (χ3n) is 3.96. The van der Waals surface area contributed by atoms with Gasteiger partial charge in [0, 0.05) is 13.0 Å². The van der Waals surface area contributed by atoms with Gasteiger partial charge in [-0.15, -0.1) is 0 Å². The largest absolute Gasteiger partial charge is 0.497 e. The second kappa shape index (κ2) is 7.84. The average molecular weight is 325 g/mol. The molecule has 3 rings (SSSR count). The lowest BCUT2D eigenvalue weighted by atomic mass is 10.3. The van der Waals surface area contributed by atoms with Gasteiger partial charge >= 0.3 is 0 Å². The van der Waals surface area contributed by atoms with Gasteiger partial charge < -0.3 is 19.8 Å². The Morgan fingerprint density at radius 2 is 1.79 bits per heavy atom. The van der Waals surface area contributed by atoms with Crippen molar-refractivity contribution >= 4 is 11.0 Å². The van der Waals surface area contributed by atoms with Crippen molar-refractivity contribution in [2.45, 2.75) is 19.4 Å². The highest BCUT2D eigenvalue weighted by Crippen LogP contribution is 2.19. The van der Waals surface area contributed by atoms with Gasteiger partial charge in [0.05, 0.1) is 24.8 Å². The van der Waals surface area contributed by atoms with Crippen molar-refractivity contribution in [3.63, 3.8) is 0 Å². The molecule has 3 aromatic rings. The molecular weight excluding hydrogens is 302 g/mol. The number of aryl methyl sites for hydroxylation is 1. The Hall–Kier alpha value is -2.53. The van der Waals surface area contributed by atoms with Gasteiger partial charge in [0.15, 0.2) is 0 Å². The van der Waals surface area contributed by atoms with Gasteiger partial charge in [-0.1, -0.05) is 12.1 Å². The Bertz CT molecular complexity index is 781. The number of nitrogens with zero attached hydrogens (tertiary/aromatic N) is 2. The van der Waals surface area contributed by atoms with Gasteiger partial charge in [0.25, 0.3) is 0 Å². The molecule has 126 valence electrons. The minimum Gasteiger partial charge on any atom is -0.497 e. The fraction of sp³-hybridized carbons (Fsp3) is 0.316. The van der Waals surface area contributed by atoms with Crippen LogP contribution in [0, 0.1) is 0 Å². The summed E-state index contributed by atoms with van der Waals surface area (Å²) in [5.41, 5.74) is 7.90. The average Bonchev–Trinajstić information content (AvgIpc) is 2.97. The van der Waals surface area contributed by atoms with Crippen LogP contribution in [0.15, 0.2) is 48.5 Å². The van der Waals surface area contributed by atoms with Crippen molar-refractivity contribution in [3.8, 4) is 11.5 Å². The van der Waals surface area contributed by atoms with Crippen molar-refractivity contribution in [1.29, 1.82) is 0 Å². The lowest BCUT2D eigenvalue weighted by molar-refractivity contribution is 0.301. The molecule has 1 heterocycles. The predicted octanol–water partition coefficient (Wildman–Crippen LogP) is 3.02. The monoisotopic (exact) mass is 325 g/mol. The molecule has 0 aliphatic carbocycles. The predicted molar refractivity (Wildman–Crippen MR) is 95.6 cm³/mol. The molecule has 0 radical (unpaired) electrons. The maximum atomic E-state index is 5.80. The number of methoxy groups -OCH3 is 1. The molecule has 24 heavy (non-hydrogen) atoms. The molecule has 0 aliphatic rings. The van der Waals surface area contributed by atoms with E-state index in [0.29, 0.717) is 13.2 Å². The van der Waals surface area contributed by atoms with Crippen LogP contribution < -0.4 is 15.2 Å². The Morgan fingerprint density at radius 3 is 2.54 bits per heavy atom. The molecular formula is C19H23N3O2. The molecule has 0 spiro atoms. The van der Waals surface area contributed by atoms with Gasteiger partial charge in [0.2, 0.25) is 0 Å². The van der Waals surface area contributed by atoms with Crippen LogP contribution in [0.25, 0.3) is 11.0 Å². The normalized spacial score (nSPS) is 10.9. The van der Waals surface area contributed by atoms with Crippen LogP contribution in [0.5, 0.6) is 11.5 Å². The maximum Gasteiger partial charge on any atom is 0.119 e. The van der Waals surface area contributed by atoms with E-state index in [4.69, 9.17) is 15.2 Å². The molecule has 1 aromatic heterocycles. The smallest absolute Gasteiger partial charge is 0.119 e. The summed E-state index contributed by atoms with van der Waals surface area (Å²) in [4.78, 5) is 4.69. The van der Waals surface area contributed by atoms with Gasteiger partial charge in [0.1, 0.15) is 17.3 Å². The molecule has 0 amide bonds. The van der Waals surface area contributed by atoms with E-state index in [0.717, 1.165) is 47.7 Å². The van der Waals surface area contributed by atoms with E-state index in [9.17, 15) is 0 Å². The first kappa shape index (κ1) is 16.3. The quantitative estimate of drug-likeness (QED) is 0.647. The number of imidazole rings is 1. The summed E-state index contributed by atoms with van der Waals surface area (Å²) in [5.74, 6) is 2.73. The van der Waals surface area contributed by atoms with Crippen molar-refractivity contribution in [2.75, 3.05) is 20.3 Å². The van der Waals surface area contributed by atoms with E-state index < -0.39 is 0 Å². The fourth-order valence-electron chi connectivity index (χ4n) is 2.78. The summed E-state index contributed by atoms with van der Waals surface area (Å²) in [5, 5.41) is 0. The molecule has 0 atom stereocenters. The zero-order valence-electron chi connectivity index (χ0n) is 13.9. The molecule has 2 N–H and O–H groups in total. The highest BCUT2D eigenvalue weighted by Gasteiger charge is 2.09. The summed E-state index contributed by atoms with van der Waals surface area (Å²) in [7, 11) is 1.66. The Kier molecular flexibility index (Phi) is 5.33.